The van der Waals surface area contributed by atoms with Gasteiger partial charge in [0, 0.05) is 29.9 Å². The minimum atomic E-state index is -4.49. The monoisotopic (exact) mass is 486 g/mol. The van der Waals surface area contributed by atoms with Gasteiger partial charge in [0.1, 0.15) is 11.6 Å². The van der Waals surface area contributed by atoms with Crippen LogP contribution in [0.25, 0.3) is 0 Å². The number of rotatable bonds is 5. The van der Waals surface area contributed by atoms with E-state index in [4.69, 9.17) is 4.74 Å². The van der Waals surface area contributed by atoms with E-state index in [9.17, 15) is 27.2 Å². The summed E-state index contributed by atoms with van der Waals surface area (Å²) in [5.74, 6) is -0.780. The van der Waals surface area contributed by atoms with E-state index in [0.717, 1.165) is 12.1 Å². The Morgan fingerprint density at radius 2 is 1.83 bits per heavy atom. The molecule has 0 bridgehead atoms. The second-order valence-corrected chi connectivity index (χ2v) is 8.19. The molecule has 9 heteroatoms. The van der Waals surface area contributed by atoms with Crippen molar-refractivity contribution in [3.8, 4) is 5.75 Å². The van der Waals surface area contributed by atoms with Crippen molar-refractivity contribution in [1.82, 2.24) is 4.90 Å². The van der Waals surface area contributed by atoms with Crippen molar-refractivity contribution in [2.75, 3.05) is 5.32 Å². The average Bonchev–Trinajstić information content (AvgIpc) is 2.95. The second-order valence-electron chi connectivity index (χ2n) is 8.19. The molecule has 1 aliphatic heterocycles. The van der Waals surface area contributed by atoms with Crippen molar-refractivity contribution < 1.29 is 31.9 Å². The molecule has 2 amide bonds. The summed E-state index contributed by atoms with van der Waals surface area (Å²) in [5, 5.41) is 2.73. The van der Waals surface area contributed by atoms with Gasteiger partial charge >= 0.3 is 6.18 Å². The largest absolute Gasteiger partial charge is 0.480 e. The lowest BCUT2D eigenvalue weighted by Crippen LogP contribution is -2.38. The third-order valence-electron chi connectivity index (χ3n) is 5.64. The van der Waals surface area contributed by atoms with E-state index < -0.39 is 29.6 Å². The summed E-state index contributed by atoms with van der Waals surface area (Å²) < 4.78 is 58.5. The Hall–Kier alpha value is -3.88. The number of benzene rings is 3. The van der Waals surface area contributed by atoms with Crippen LogP contribution in [0.15, 0.2) is 66.7 Å². The molecule has 182 valence electrons. The summed E-state index contributed by atoms with van der Waals surface area (Å²) in [6, 6.07) is 14.9. The van der Waals surface area contributed by atoms with Crippen LogP contribution in [0.1, 0.15) is 40.4 Å². The second kappa shape index (κ2) is 9.77. The third kappa shape index (κ3) is 5.62. The summed E-state index contributed by atoms with van der Waals surface area (Å²) >= 11 is 0. The van der Waals surface area contributed by atoms with Crippen LogP contribution in [0, 0.1) is 5.82 Å². The summed E-state index contributed by atoms with van der Waals surface area (Å²) in [7, 11) is 0. The first-order valence-electron chi connectivity index (χ1n) is 11.0. The highest BCUT2D eigenvalue weighted by atomic mass is 19.4. The van der Waals surface area contributed by atoms with E-state index in [1.165, 1.54) is 41.3 Å². The normalized spacial score (nSPS) is 15.7. The van der Waals surface area contributed by atoms with Crippen molar-refractivity contribution >= 4 is 17.5 Å². The minimum Gasteiger partial charge on any atom is -0.480 e. The molecule has 1 aliphatic rings. The highest BCUT2D eigenvalue weighted by molar-refractivity contribution is 6.04. The zero-order valence-electron chi connectivity index (χ0n) is 18.7. The Labute approximate surface area is 199 Å². The highest BCUT2D eigenvalue weighted by Crippen LogP contribution is 2.32. The molecule has 1 atom stereocenters. The Morgan fingerprint density at radius 1 is 1.09 bits per heavy atom. The number of hydrogen-bond acceptors (Lipinski definition) is 3. The maximum Gasteiger partial charge on any atom is 0.416 e. The molecule has 1 N–H and O–H groups in total. The van der Waals surface area contributed by atoms with Crippen molar-refractivity contribution in [3.05, 3.63) is 94.8 Å². The van der Waals surface area contributed by atoms with Gasteiger partial charge in [-0.15, -0.1) is 0 Å². The van der Waals surface area contributed by atoms with Gasteiger partial charge in [0.15, 0.2) is 6.10 Å². The Bertz CT molecular complexity index is 1240. The fourth-order valence-corrected chi connectivity index (χ4v) is 3.85. The molecule has 3 aromatic rings. The molecular formula is C26H22F4N2O3. The third-order valence-corrected chi connectivity index (χ3v) is 5.64. The van der Waals surface area contributed by atoms with Crippen LogP contribution in [0.2, 0.25) is 0 Å². The summed E-state index contributed by atoms with van der Waals surface area (Å²) in [4.78, 5) is 27.0. The molecule has 0 saturated heterocycles. The van der Waals surface area contributed by atoms with Gasteiger partial charge in [-0.05, 0) is 66.6 Å². The van der Waals surface area contributed by atoms with Crippen LogP contribution < -0.4 is 10.1 Å². The van der Waals surface area contributed by atoms with Crippen molar-refractivity contribution in [2.24, 2.45) is 0 Å². The fraction of sp³-hybridized carbons (Fsp3) is 0.231. The van der Waals surface area contributed by atoms with E-state index in [1.54, 1.807) is 25.1 Å². The molecule has 0 aliphatic carbocycles. The molecule has 3 aromatic carbocycles. The molecule has 0 aromatic heterocycles. The molecule has 0 saturated carbocycles. The van der Waals surface area contributed by atoms with Crippen molar-refractivity contribution in [2.45, 2.75) is 38.7 Å². The average molecular weight is 486 g/mol. The van der Waals surface area contributed by atoms with Gasteiger partial charge in [-0.2, -0.15) is 13.2 Å². The van der Waals surface area contributed by atoms with Crippen molar-refractivity contribution in [3.63, 3.8) is 0 Å². The lowest BCUT2D eigenvalue weighted by Gasteiger charge is -2.23. The van der Waals surface area contributed by atoms with E-state index >= 15 is 0 Å². The molecule has 4 rings (SSSR count). The first kappa shape index (κ1) is 24.3. The zero-order valence-corrected chi connectivity index (χ0v) is 18.7. The molecular weight excluding hydrogens is 464 g/mol. The van der Waals surface area contributed by atoms with E-state index in [1.807, 2.05) is 0 Å². The first-order chi connectivity index (χ1) is 16.6. The van der Waals surface area contributed by atoms with Crippen LogP contribution in [-0.2, 0) is 24.1 Å². The number of nitrogens with zero attached hydrogens (tertiary/aromatic N) is 1. The summed E-state index contributed by atoms with van der Waals surface area (Å²) in [5.41, 5.74) is 0.852. The number of fused-ring (bicyclic) bond motifs is 1. The number of ether oxygens (including phenoxy) is 1. The Kier molecular flexibility index (Phi) is 6.77. The maximum absolute atomic E-state index is 13.1. The predicted octanol–water partition coefficient (Wildman–Crippen LogP) is 5.80. The molecule has 1 unspecified atom stereocenters. The molecule has 0 fully saturated rings. The number of carbonyl (C=O) groups is 2. The van der Waals surface area contributed by atoms with E-state index in [-0.39, 0.29) is 24.6 Å². The highest BCUT2D eigenvalue weighted by Gasteiger charge is 2.32. The van der Waals surface area contributed by atoms with Crippen LogP contribution in [0.5, 0.6) is 5.75 Å². The first-order valence-corrected chi connectivity index (χ1v) is 11.0. The van der Waals surface area contributed by atoms with Gasteiger partial charge in [0.25, 0.3) is 11.8 Å². The van der Waals surface area contributed by atoms with Crippen LogP contribution in [0.4, 0.5) is 23.2 Å². The van der Waals surface area contributed by atoms with Crippen LogP contribution in [0.3, 0.4) is 0 Å². The topological polar surface area (TPSA) is 58.6 Å². The fourth-order valence-electron chi connectivity index (χ4n) is 3.85. The number of nitrogens with one attached hydrogen (secondary N) is 1. The number of hydrogen-bond donors (Lipinski definition) is 1. The Balaban J connectivity index is 1.59. The number of halogens is 4. The van der Waals surface area contributed by atoms with Gasteiger partial charge < -0.3 is 15.0 Å². The smallest absolute Gasteiger partial charge is 0.416 e. The molecule has 0 radical (unpaired) electrons. The SMILES string of the molecule is CCC1Oc2ccc(NC(=O)c3ccc(F)cc3)cc2CN(Cc2cccc(C(F)(F)F)c2)C1=O. The molecule has 1 heterocycles. The van der Waals surface area contributed by atoms with E-state index in [2.05, 4.69) is 5.32 Å². The molecule has 0 spiro atoms. The van der Waals surface area contributed by atoms with Gasteiger partial charge in [0.2, 0.25) is 0 Å². The number of anilines is 1. The predicted molar refractivity (Wildman–Crippen MR) is 121 cm³/mol. The standard InChI is InChI=1S/C26H22F4N2O3/c1-2-22-25(34)32(14-16-4-3-5-19(12-16)26(28,29)30)15-18-13-21(10-11-23(18)35-22)31-24(33)17-6-8-20(27)9-7-17/h3-13,22H,2,14-15H2,1H3,(H,31,33). The maximum atomic E-state index is 13.1. The van der Waals surface area contributed by atoms with Gasteiger partial charge in [-0.3, -0.25) is 9.59 Å². The summed E-state index contributed by atoms with van der Waals surface area (Å²) in [6.45, 7) is 1.84. The van der Waals surface area contributed by atoms with Crippen LogP contribution in [-0.4, -0.2) is 22.8 Å². The zero-order chi connectivity index (χ0) is 25.2. The number of carbonyl (C=O) groups excluding carboxylic acids is 2. The lowest BCUT2D eigenvalue weighted by atomic mass is 10.1. The minimum absolute atomic E-state index is 0.0335. The molecule has 5 nitrogen and oxygen atoms in total. The van der Waals surface area contributed by atoms with Crippen molar-refractivity contribution in [1.29, 1.82) is 0 Å². The molecule has 35 heavy (non-hydrogen) atoms. The number of alkyl halides is 3. The number of amides is 2. The summed E-state index contributed by atoms with van der Waals surface area (Å²) in [6.07, 6.45) is -4.90. The van der Waals surface area contributed by atoms with Gasteiger partial charge in [-0.25, -0.2) is 4.39 Å². The Morgan fingerprint density at radius 3 is 2.51 bits per heavy atom. The lowest BCUT2D eigenvalue weighted by molar-refractivity contribution is -0.139. The van der Waals surface area contributed by atoms with Gasteiger partial charge in [-0.1, -0.05) is 19.1 Å². The van der Waals surface area contributed by atoms with E-state index in [0.29, 0.717) is 29.0 Å². The van der Waals surface area contributed by atoms with Crippen LogP contribution >= 0.6 is 0 Å². The van der Waals surface area contributed by atoms with Gasteiger partial charge in [0.05, 0.1) is 5.56 Å². The quantitative estimate of drug-likeness (QED) is 0.464.